The highest BCUT2D eigenvalue weighted by atomic mass is 35.5. The Morgan fingerprint density at radius 3 is 2.67 bits per heavy atom. The van der Waals surface area contributed by atoms with E-state index in [4.69, 9.17) is 9.47 Å². The van der Waals surface area contributed by atoms with Crippen molar-refractivity contribution in [2.45, 2.75) is 33.0 Å². The number of hydrogen-bond donors (Lipinski definition) is 2. The van der Waals surface area contributed by atoms with Crippen LogP contribution < -0.4 is 10.6 Å². The summed E-state index contributed by atoms with van der Waals surface area (Å²) >= 11 is 0. The number of nitrogens with one attached hydrogen (secondary N) is 2. The minimum Gasteiger partial charge on any atom is -0.379 e. The van der Waals surface area contributed by atoms with Crippen LogP contribution in [0.4, 0.5) is 0 Å². The van der Waals surface area contributed by atoms with E-state index in [0.717, 1.165) is 6.54 Å². The van der Waals surface area contributed by atoms with Gasteiger partial charge in [-0.05, 0) is 5.41 Å². The third kappa shape index (κ3) is 5.52. The number of methoxy groups -OCH3 is 1. The van der Waals surface area contributed by atoms with Crippen molar-refractivity contribution in [3.05, 3.63) is 0 Å². The smallest absolute Gasteiger partial charge is 0.250 e. The van der Waals surface area contributed by atoms with Crippen LogP contribution in [0.1, 0.15) is 20.8 Å². The molecule has 0 aromatic carbocycles. The molecule has 0 aliphatic carbocycles. The zero-order chi connectivity index (χ0) is 12.9. The first-order valence-electron chi connectivity index (χ1n) is 6.08. The van der Waals surface area contributed by atoms with E-state index in [2.05, 4.69) is 31.4 Å². The van der Waals surface area contributed by atoms with E-state index >= 15 is 0 Å². The topological polar surface area (TPSA) is 59.6 Å². The van der Waals surface area contributed by atoms with Crippen molar-refractivity contribution < 1.29 is 14.3 Å². The summed E-state index contributed by atoms with van der Waals surface area (Å²) < 4.78 is 10.8. The van der Waals surface area contributed by atoms with Crippen molar-refractivity contribution in [3.8, 4) is 0 Å². The summed E-state index contributed by atoms with van der Waals surface area (Å²) in [6.07, 6.45) is -0.371. The number of carbonyl (C=O) groups excluding carboxylic acids is 1. The first-order valence-corrected chi connectivity index (χ1v) is 6.08. The Morgan fingerprint density at radius 1 is 1.56 bits per heavy atom. The van der Waals surface area contributed by atoms with Crippen molar-refractivity contribution >= 4 is 18.3 Å². The van der Waals surface area contributed by atoms with Crippen molar-refractivity contribution in [1.82, 2.24) is 10.6 Å². The van der Waals surface area contributed by atoms with Crippen molar-refractivity contribution in [3.63, 3.8) is 0 Å². The Morgan fingerprint density at radius 2 is 2.22 bits per heavy atom. The molecule has 18 heavy (non-hydrogen) atoms. The molecule has 0 aromatic heterocycles. The lowest BCUT2D eigenvalue weighted by Crippen LogP contribution is -2.50. The Labute approximate surface area is 115 Å². The van der Waals surface area contributed by atoms with Gasteiger partial charge in [-0.15, -0.1) is 12.4 Å². The molecule has 6 heteroatoms. The summed E-state index contributed by atoms with van der Waals surface area (Å²) in [5.74, 6) is -0.0662. The lowest BCUT2D eigenvalue weighted by atomic mass is 9.89. The molecule has 2 N–H and O–H groups in total. The van der Waals surface area contributed by atoms with Gasteiger partial charge in [-0.3, -0.25) is 4.79 Å². The third-order valence-corrected chi connectivity index (χ3v) is 2.93. The van der Waals surface area contributed by atoms with Gasteiger partial charge in [-0.2, -0.15) is 0 Å². The second kappa shape index (κ2) is 7.94. The number of halogens is 1. The zero-order valence-electron chi connectivity index (χ0n) is 11.6. The second-order valence-electron chi connectivity index (χ2n) is 5.40. The molecular formula is C12H25ClN2O3. The number of carbonyl (C=O) groups is 1. The number of morpholine rings is 1. The van der Waals surface area contributed by atoms with Gasteiger partial charge in [0.05, 0.1) is 12.7 Å². The first kappa shape index (κ1) is 17.6. The molecular weight excluding hydrogens is 256 g/mol. The van der Waals surface area contributed by atoms with Gasteiger partial charge in [0.15, 0.2) is 0 Å². The first-order chi connectivity index (χ1) is 7.95. The standard InChI is InChI=1S/C12H24N2O3.ClH/c1-12(2,3)10(16-4)8-14-11(15)9-7-13-5-6-17-9;/h9-10,13H,5-8H2,1-4H3,(H,14,15);1H. The van der Waals surface area contributed by atoms with Crippen LogP contribution in [0.2, 0.25) is 0 Å². The van der Waals surface area contributed by atoms with Gasteiger partial charge < -0.3 is 20.1 Å². The van der Waals surface area contributed by atoms with Gasteiger partial charge in [0.25, 0.3) is 5.91 Å². The van der Waals surface area contributed by atoms with E-state index in [1.807, 2.05) is 0 Å². The van der Waals surface area contributed by atoms with Crippen LogP contribution in [-0.4, -0.2) is 51.5 Å². The normalized spacial score (nSPS) is 21.9. The predicted octanol–water partition coefficient (Wildman–Crippen LogP) is 0.574. The monoisotopic (exact) mass is 280 g/mol. The van der Waals surface area contributed by atoms with E-state index in [-0.39, 0.29) is 35.9 Å². The van der Waals surface area contributed by atoms with Crippen LogP contribution in [0, 0.1) is 5.41 Å². The Bertz CT molecular complexity index is 250. The lowest BCUT2D eigenvalue weighted by Gasteiger charge is -2.30. The molecule has 0 aromatic rings. The second-order valence-corrected chi connectivity index (χ2v) is 5.40. The van der Waals surface area contributed by atoms with Crippen LogP contribution >= 0.6 is 12.4 Å². The fraction of sp³-hybridized carbons (Fsp3) is 0.917. The van der Waals surface area contributed by atoms with Crippen molar-refractivity contribution in [1.29, 1.82) is 0 Å². The average Bonchev–Trinajstić information content (AvgIpc) is 2.29. The van der Waals surface area contributed by atoms with Crippen molar-refractivity contribution in [2.24, 2.45) is 5.41 Å². The van der Waals surface area contributed by atoms with E-state index in [1.165, 1.54) is 0 Å². The van der Waals surface area contributed by atoms with Gasteiger partial charge in [0, 0.05) is 26.7 Å². The SMILES string of the molecule is COC(CNC(=O)C1CNCCO1)C(C)(C)C.Cl. The molecule has 2 unspecified atom stereocenters. The number of hydrogen-bond acceptors (Lipinski definition) is 4. The third-order valence-electron chi connectivity index (χ3n) is 2.93. The molecule has 0 bridgehead atoms. The zero-order valence-corrected chi connectivity index (χ0v) is 12.4. The molecule has 108 valence electrons. The van der Waals surface area contributed by atoms with Crippen LogP contribution in [-0.2, 0) is 14.3 Å². The molecule has 0 radical (unpaired) electrons. The van der Waals surface area contributed by atoms with Gasteiger partial charge in [0.2, 0.25) is 0 Å². The molecule has 0 saturated carbocycles. The maximum absolute atomic E-state index is 11.8. The maximum Gasteiger partial charge on any atom is 0.250 e. The predicted molar refractivity (Wildman–Crippen MR) is 73.1 cm³/mol. The van der Waals surface area contributed by atoms with Gasteiger partial charge >= 0.3 is 0 Å². The van der Waals surface area contributed by atoms with Crippen LogP contribution in [0.5, 0.6) is 0 Å². The molecule has 5 nitrogen and oxygen atoms in total. The summed E-state index contributed by atoms with van der Waals surface area (Å²) in [7, 11) is 1.67. The van der Waals surface area contributed by atoms with E-state index in [1.54, 1.807) is 7.11 Å². The fourth-order valence-electron chi connectivity index (χ4n) is 1.78. The van der Waals surface area contributed by atoms with Crippen LogP contribution in [0.25, 0.3) is 0 Å². The summed E-state index contributed by atoms with van der Waals surface area (Å²) in [5, 5.41) is 6.01. The largest absolute Gasteiger partial charge is 0.379 e. The Balaban J connectivity index is 0.00000289. The maximum atomic E-state index is 11.8. The molecule has 1 rings (SSSR count). The van der Waals surface area contributed by atoms with E-state index in [0.29, 0.717) is 19.7 Å². The minimum absolute atomic E-state index is 0. The van der Waals surface area contributed by atoms with Crippen LogP contribution in [0.3, 0.4) is 0 Å². The lowest BCUT2D eigenvalue weighted by molar-refractivity contribution is -0.135. The highest BCUT2D eigenvalue weighted by Crippen LogP contribution is 2.20. The van der Waals surface area contributed by atoms with Gasteiger partial charge in [0.1, 0.15) is 6.10 Å². The summed E-state index contributed by atoms with van der Waals surface area (Å²) in [6.45, 7) is 8.76. The molecule has 1 amide bonds. The summed E-state index contributed by atoms with van der Waals surface area (Å²) in [4.78, 5) is 11.8. The highest BCUT2D eigenvalue weighted by Gasteiger charge is 2.27. The average molecular weight is 281 g/mol. The summed E-state index contributed by atoms with van der Waals surface area (Å²) in [6, 6.07) is 0. The molecule has 1 saturated heterocycles. The minimum atomic E-state index is -0.374. The molecule has 1 aliphatic rings. The van der Waals surface area contributed by atoms with E-state index in [9.17, 15) is 4.79 Å². The molecule has 1 fully saturated rings. The molecule has 2 atom stereocenters. The molecule has 0 spiro atoms. The quantitative estimate of drug-likeness (QED) is 0.791. The van der Waals surface area contributed by atoms with Crippen LogP contribution in [0.15, 0.2) is 0 Å². The summed E-state index contributed by atoms with van der Waals surface area (Å²) in [5.41, 5.74) is 0.00764. The van der Waals surface area contributed by atoms with Gasteiger partial charge in [-0.25, -0.2) is 0 Å². The Kier molecular flexibility index (Phi) is 7.78. The van der Waals surface area contributed by atoms with Gasteiger partial charge in [-0.1, -0.05) is 20.8 Å². The van der Waals surface area contributed by atoms with E-state index < -0.39 is 0 Å². The fourth-order valence-corrected chi connectivity index (χ4v) is 1.78. The molecule has 1 aliphatic heterocycles. The highest BCUT2D eigenvalue weighted by molar-refractivity contribution is 5.85. The molecule has 1 heterocycles. The number of amides is 1. The Hall–Kier alpha value is -0.360. The van der Waals surface area contributed by atoms with Crippen molar-refractivity contribution in [2.75, 3.05) is 33.4 Å². The number of rotatable bonds is 4. The number of ether oxygens (including phenoxy) is 2.